The highest BCUT2D eigenvalue weighted by atomic mass is 19.1. The van der Waals surface area contributed by atoms with Gasteiger partial charge in [0.25, 0.3) is 5.69 Å². The zero-order chi connectivity index (χ0) is 14.1. The number of aromatic nitrogens is 1. The topological polar surface area (TPSA) is 48.1 Å². The van der Waals surface area contributed by atoms with Crippen molar-refractivity contribution in [3.63, 3.8) is 0 Å². The van der Waals surface area contributed by atoms with Crippen molar-refractivity contribution in [1.82, 2.24) is 4.57 Å². The summed E-state index contributed by atoms with van der Waals surface area (Å²) < 4.78 is 15.5. The Labute approximate surface area is 114 Å². The lowest BCUT2D eigenvalue weighted by Gasteiger charge is -2.06. The predicted molar refractivity (Wildman–Crippen MR) is 74.1 cm³/mol. The van der Waals surface area contributed by atoms with Crippen LogP contribution in [0, 0.1) is 15.9 Å². The van der Waals surface area contributed by atoms with E-state index in [-0.39, 0.29) is 11.5 Å². The van der Waals surface area contributed by atoms with Crippen LogP contribution < -0.4 is 0 Å². The van der Waals surface area contributed by atoms with E-state index < -0.39 is 4.92 Å². The molecule has 2 aromatic carbocycles. The van der Waals surface area contributed by atoms with Crippen molar-refractivity contribution >= 4 is 16.6 Å². The molecule has 0 aliphatic rings. The average molecular weight is 270 g/mol. The van der Waals surface area contributed by atoms with E-state index in [4.69, 9.17) is 0 Å². The quantitative estimate of drug-likeness (QED) is 0.537. The summed E-state index contributed by atoms with van der Waals surface area (Å²) in [5.41, 5.74) is 1.34. The molecule has 0 fully saturated rings. The standard InChI is InChI=1S/C15H11FN2O2/c16-13-5-2-1-4-11(13)10-17-9-8-12-14(17)6-3-7-15(12)18(19)20/h1-9H,10H2. The molecule has 0 N–H and O–H groups in total. The van der Waals surface area contributed by atoms with E-state index in [1.165, 1.54) is 12.1 Å². The van der Waals surface area contributed by atoms with Crippen molar-refractivity contribution in [3.05, 3.63) is 76.2 Å². The summed E-state index contributed by atoms with van der Waals surface area (Å²) >= 11 is 0. The first-order valence-electron chi connectivity index (χ1n) is 6.12. The molecule has 0 unspecified atom stereocenters. The lowest BCUT2D eigenvalue weighted by atomic mass is 10.2. The van der Waals surface area contributed by atoms with Gasteiger partial charge in [-0.15, -0.1) is 0 Å². The average Bonchev–Trinajstić information content (AvgIpc) is 2.84. The van der Waals surface area contributed by atoms with Gasteiger partial charge in [0.05, 0.1) is 22.4 Å². The zero-order valence-corrected chi connectivity index (χ0v) is 10.5. The molecule has 0 amide bonds. The Balaban J connectivity index is 2.08. The number of hydrogen-bond acceptors (Lipinski definition) is 2. The fourth-order valence-corrected chi connectivity index (χ4v) is 2.31. The van der Waals surface area contributed by atoms with Gasteiger partial charge in [-0.3, -0.25) is 10.1 Å². The number of fused-ring (bicyclic) bond motifs is 1. The molecule has 0 aliphatic heterocycles. The molecule has 0 saturated carbocycles. The number of hydrogen-bond donors (Lipinski definition) is 0. The number of benzene rings is 2. The summed E-state index contributed by atoms with van der Waals surface area (Å²) in [6.07, 6.45) is 1.74. The molecule has 1 aromatic heterocycles. The van der Waals surface area contributed by atoms with Gasteiger partial charge in [0.1, 0.15) is 5.82 Å². The Morgan fingerprint density at radius 2 is 1.90 bits per heavy atom. The first-order chi connectivity index (χ1) is 9.66. The normalized spacial score (nSPS) is 10.8. The molecule has 4 nitrogen and oxygen atoms in total. The third-order valence-electron chi connectivity index (χ3n) is 3.29. The monoisotopic (exact) mass is 270 g/mol. The molecule has 1 heterocycles. The summed E-state index contributed by atoms with van der Waals surface area (Å²) in [5.74, 6) is -0.278. The second-order valence-electron chi connectivity index (χ2n) is 4.50. The second-order valence-corrected chi connectivity index (χ2v) is 4.50. The van der Waals surface area contributed by atoms with Gasteiger partial charge >= 0.3 is 0 Å². The van der Waals surface area contributed by atoms with E-state index >= 15 is 0 Å². The first-order valence-corrected chi connectivity index (χ1v) is 6.12. The number of nitrogens with zero attached hydrogens (tertiary/aromatic N) is 2. The number of halogens is 1. The highest BCUT2D eigenvalue weighted by Crippen LogP contribution is 2.26. The van der Waals surface area contributed by atoms with E-state index in [0.717, 1.165) is 5.52 Å². The Morgan fingerprint density at radius 1 is 1.10 bits per heavy atom. The smallest absolute Gasteiger partial charge is 0.278 e. The van der Waals surface area contributed by atoms with Crippen LogP contribution in [-0.4, -0.2) is 9.49 Å². The highest BCUT2D eigenvalue weighted by molar-refractivity contribution is 5.89. The number of rotatable bonds is 3. The van der Waals surface area contributed by atoms with Crippen LogP contribution in [0.1, 0.15) is 5.56 Å². The Hall–Kier alpha value is -2.69. The molecular weight excluding hydrogens is 259 g/mol. The third kappa shape index (κ3) is 2.03. The van der Waals surface area contributed by atoms with Crippen LogP contribution in [0.2, 0.25) is 0 Å². The molecule has 0 bridgehead atoms. The maximum Gasteiger partial charge on any atom is 0.278 e. The zero-order valence-electron chi connectivity index (χ0n) is 10.5. The maximum absolute atomic E-state index is 13.7. The molecule has 20 heavy (non-hydrogen) atoms. The molecule has 0 atom stereocenters. The van der Waals surface area contributed by atoms with Gasteiger partial charge in [0.15, 0.2) is 0 Å². The summed E-state index contributed by atoms with van der Waals surface area (Å²) in [5, 5.41) is 11.5. The van der Waals surface area contributed by atoms with Crippen LogP contribution in [-0.2, 0) is 6.54 Å². The number of nitro benzene ring substituents is 1. The van der Waals surface area contributed by atoms with Crippen LogP contribution >= 0.6 is 0 Å². The van der Waals surface area contributed by atoms with Crippen LogP contribution in [0.4, 0.5) is 10.1 Å². The van der Waals surface area contributed by atoms with Gasteiger partial charge in [0, 0.05) is 17.8 Å². The lowest BCUT2D eigenvalue weighted by Crippen LogP contribution is -2.00. The molecular formula is C15H11FN2O2. The maximum atomic E-state index is 13.7. The molecule has 3 rings (SSSR count). The van der Waals surface area contributed by atoms with Crippen LogP contribution in [0.3, 0.4) is 0 Å². The van der Waals surface area contributed by atoms with Gasteiger partial charge in [-0.25, -0.2) is 4.39 Å². The minimum atomic E-state index is -0.407. The van der Waals surface area contributed by atoms with Crippen molar-refractivity contribution < 1.29 is 9.31 Å². The van der Waals surface area contributed by atoms with E-state index in [1.807, 2.05) is 0 Å². The fraction of sp³-hybridized carbons (Fsp3) is 0.0667. The van der Waals surface area contributed by atoms with E-state index in [1.54, 1.807) is 47.2 Å². The third-order valence-corrected chi connectivity index (χ3v) is 3.29. The molecule has 0 radical (unpaired) electrons. The Kier molecular flexibility index (Phi) is 2.95. The summed E-state index contributed by atoms with van der Waals surface area (Å²) in [6.45, 7) is 0.345. The Morgan fingerprint density at radius 3 is 2.65 bits per heavy atom. The number of non-ortho nitro benzene ring substituents is 1. The minimum absolute atomic E-state index is 0.0646. The van der Waals surface area contributed by atoms with Gasteiger partial charge < -0.3 is 4.57 Å². The molecule has 0 spiro atoms. The van der Waals surface area contributed by atoms with Crippen molar-refractivity contribution in [3.8, 4) is 0 Å². The fourth-order valence-electron chi connectivity index (χ4n) is 2.31. The minimum Gasteiger partial charge on any atom is -0.343 e. The predicted octanol–water partition coefficient (Wildman–Crippen LogP) is 3.74. The second kappa shape index (κ2) is 4.77. The Bertz CT molecular complexity index is 795. The van der Waals surface area contributed by atoms with Crippen LogP contribution in [0.15, 0.2) is 54.7 Å². The molecule has 5 heteroatoms. The summed E-state index contributed by atoms with van der Waals surface area (Å²) in [4.78, 5) is 10.6. The van der Waals surface area contributed by atoms with Crippen LogP contribution in [0.25, 0.3) is 10.9 Å². The van der Waals surface area contributed by atoms with Crippen molar-refractivity contribution in [2.75, 3.05) is 0 Å². The molecule has 100 valence electrons. The molecule has 0 saturated heterocycles. The van der Waals surface area contributed by atoms with Crippen LogP contribution in [0.5, 0.6) is 0 Å². The summed E-state index contributed by atoms with van der Waals surface area (Å²) in [7, 11) is 0. The van der Waals surface area contributed by atoms with Gasteiger partial charge in [-0.05, 0) is 18.2 Å². The molecule has 0 aliphatic carbocycles. The summed E-state index contributed by atoms with van der Waals surface area (Å²) in [6, 6.07) is 13.1. The van der Waals surface area contributed by atoms with Gasteiger partial charge in [-0.1, -0.05) is 24.3 Å². The largest absolute Gasteiger partial charge is 0.343 e. The van der Waals surface area contributed by atoms with E-state index in [9.17, 15) is 14.5 Å². The molecule has 3 aromatic rings. The van der Waals surface area contributed by atoms with E-state index in [2.05, 4.69) is 0 Å². The van der Waals surface area contributed by atoms with E-state index in [0.29, 0.717) is 17.5 Å². The van der Waals surface area contributed by atoms with Gasteiger partial charge in [0.2, 0.25) is 0 Å². The SMILES string of the molecule is O=[N+]([O-])c1cccc2c1ccn2Cc1ccccc1F. The van der Waals surface area contributed by atoms with Gasteiger partial charge in [-0.2, -0.15) is 0 Å². The first kappa shape index (κ1) is 12.3. The lowest BCUT2D eigenvalue weighted by molar-refractivity contribution is -0.383. The van der Waals surface area contributed by atoms with Crippen molar-refractivity contribution in [2.45, 2.75) is 6.54 Å². The van der Waals surface area contributed by atoms with Crippen molar-refractivity contribution in [1.29, 1.82) is 0 Å². The highest BCUT2D eigenvalue weighted by Gasteiger charge is 2.14. The number of nitro groups is 1. The van der Waals surface area contributed by atoms with Crippen molar-refractivity contribution in [2.24, 2.45) is 0 Å².